The van der Waals surface area contributed by atoms with Crippen molar-refractivity contribution < 1.29 is 13.9 Å². The Labute approximate surface area is 177 Å². The molecule has 2 aromatic carbocycles. The lowest BCUT2D eigenvalue weighted by atomic mass is 10.0. The molecule has 0 spiro atoms. The molecule has 4 aromatic rings. The van der Waals surface area contributed by atoms with Crippen LogP contribution >= 0.6 is 23.2 Å². The number of halogens is 3. The van der Waals surface area contributed by atoms with Crippen LogP contribution in [0, 0.1) is 5.82 Å². The second kappa shape index (κ2) is 8.31. The van der Waals surface area contributed by atoms with Crippen LogP contribution in [0.5, 0.6) is 11.5 Å². The first-order valence-corrected chi connectivity index (χ1v) is 9.65. The molecule has 0 radical (unpaired) electrons. The fraction of sp³-hybridized carbons (Fsp3) is 0.136. The number of nitrogens with one attached hydrogen (secondary N) is 1. The maximum atomic E-state index is 14.0. The number of nitrogens with zero attached hydrogens (tertiary/aromatic N) is 1. The number of benzene rings is 2. The fourth-order valence-corrected chi connectivity index (χ4v) is 3.52. The number of rotatable bonds is 6. The molecule has 4 nitrogen and oxygen atoms in total. The van der Waals surface area contributed by atoms with Gasteiger partial charge in [-0.2, -0.15) is 0 Å². The number of fused-ring (bicyclic) bond motifs is 1. The predicted molar refractivity (Wildman–Crippen MR) is 113 cm³/mol. The molecule has 0 aliphatic heterocycles. The summed E-state index contributed by atoms with van der Waals surface area (Å²) >= 11 is 12.3. The fourth-order valence-electron chi connectivity index (χ4n) is 3.14. The molecule has 0 saturated carbocycles. The van der Waals surface area contributed by atoms with E-state index in [0.717, 1.165) is 22.2 Å². The lowest BCUT2D eigenvalue weighted by molar-refractivity contribution is 0.279. The maximum Gasteiger partial charge on any atom is 0.163 e. The molecule has 0 saturated heterocycles. The Morgan fingerprint density at radius 3 is 2.69 bits per heavy atom. The van der Waals surface area contributed by atoms with Crippen molar-refractivity contribution in [2.45, 2.75) is 13.0 Å². The highest BCUT2D eigenvalue weighted by atomic mass is 35.5. The third-order valence-electron chi connectivity index (χ3n) is 4.65. The molecular weight excluding hydrogens is 414 g/mol. The zero-order chi connectivity index (χ0) is 20.4. The minimum absolute atomic E-state index is 0.0309. The van der Waals surface area contributed by atoms with Crippen molar-refractivity contribution in [3.05, 3.63) is 87.4 Å². The third kappa shape index (κ3) is 4.16. The smallest absolute Gasteiger partial charge is 0.163 e. The summed E-state index contributed by atoms with van der Waals surface area (Å²) in [5.41, 5.74) is 3.19. The number of hydrogen-bond acceptors (Lipinski definition) is 3. The van der Waals surface area contributed by atoms with E-state index < -0.39 is 5.82 Å². The predicted octanol–water partition coefficient (Wildman–Crippen LogP) is 6.19. The van der Waals surface area contributed by atoms with Gasteiger partial charge in [-0.3, -0.25) is 0 Å². The Bertz CT molecular complexity index is 1180. The Hall–Kier alpha value is -2.76. The summed E-state index contributed by atoms with van der Waals surface area (Å²) in [5.74, 6) is 0.542. The molecule has 1 N–H and O–H groups in total. The van der Waals surface area contributed by atoms with Crippen molar-refractivity contribution in [1.82, 2.24) is 9.97 Å². The van der Waals surface area contributed by atoms with Gasteiger partial charge in [0.2, 0.25) is 0 Å². The first kappa shape index (κ1) is 19.6. The molecule has 0 amide bonds. The number of aromatic amines is 1. The van der Waals surface area contributed by atoms with Crippen LogP contribution in [-0.4, -0.2) is 17.1 Å². The Balaban J connectivity index is 1.58. The van der Waals surface area contributed by atoms with E-state index in [1.165, 1.54) is 6.07 Å². The molecule has 2 heterocycles. The summed E-state index contributed by atoms with van der Waals surface area (Å²) in [6.45, 7) is 0.0309. The molecule has 2 aromatic heterocycles. The number of hydrogen-bond donors (Lipinski definition) is 1. The molecule has 148 valence electrons. The van der Waals surface area contributed by atoms with Gasteiger partial charge in [-0.05, 0) is 41.5 Å². The summed E-state index contributed by atoms with van der Waals surface area (Å²) < 4.78 is 25.2. The zero-order valence-corrected chi connectivity index (χ0v) is 17.0. The lowest BCUT2D eigenvalue weighted by Gasteiger charge is -2.14. The van der Waals surface area contributed by atoms with Gasteiger partial charge in [0.1, 0.15) is 18.1 Å². The van der Waals surface area contributed by atoms with Crippen LogP contribution in [-0.2, 0) is 13.0 Å². The van der Waals surface area contributed by atoms with Gasteiger partial charge in [0.25, 0.3) is 0 Å². The van der Waals surface area contributed by atoms with Gasteiger partial charge >= 0.3 is 0 Å². The number of H-pyrrole nitrogens is 1. The third-order valence-corrected chi connectivity index (χ3v) is 5.24. The van der Waals surface area contributed by atoms with Crippen molar-refractivity contribution >= 4 is 34.2 Å². The standard InChI is InChI=1S/C22H17Cl2FN2O2/c1-28-20-8-14(7-15-11-27-22-17(15)3-2-6-26-22)18(24)10-21(20)29-12-13-4-5-16(23)9-19(13)25/h2-6,8-11H,7,12H2,1H3,(H,26,27). The van der Waals surface area contributed by atoms with Gasteiger partial charge in [0.15, 0.2) is 11.5 Å². The molecule has 0 fully saturated rings. The van der Waals surface area contributed by atoms with Crippen molar-refractivity contribution in [2.24, 2.45) is 0 Å². The van der Waals surface area contributed by atoms with Crippen molar-refractivity contribution in [1.29, 1.82) is 0 Å². The topological polar surface area (TPSA) is 47.1 Å². The molecule has 0 aliphatic rings. The first-order chi connectivity index (χ1) is 14.0. The average molecular weight is 431 g/mol. The SMILES string of the molecule is COc1cc(Cc2c[nH]c3ncccc23)c(Cl)cc1OCc1ccc(Cl)cc1F. The van der Waals surface area contributed by atoms with Gasteiger partial charge in [0, 0.05) is 45.9 Å². The van der Waals surface area contributed by atoms with Crippen LogP contribution in [0.25, 0.3) is 11.0 Å². The van der Waals surface area contributed by atoms with Gasteiger partial charge in [-0.1, -0.05) is 29.3 Å². The first-order valence-electron chi connectivity index (χ1n) is 8.89. The van der Waals surface area contributed by atoms with Crippen LogP contribution < -0.4 is 9.47 Å². The Morgan fingerprint density at radius 1 is 1.03 bits per heavy atom. The number of pyridine rings is 1. The van der Waals surface area contributed by atoms with Gasteiger partial charge in [-0.25, -0.2) is 9.37 Å². The number of methoxy groups -OCH3 is 1. The van der Waals surface area contributed by atoms with E-state index in [9.17, 15) is 4.39 Å². The van der Waals surface area contributed by atoms with Crippen molar-refractivity contribution in [3.8, 4) is 11.5 Å². The summed E-state index contributed by atoms with van der Waals surface area (Å²) in [4.78, 5) is 7.47. The zero-order valence-electron chi connectivity index (χ0n) is 15.5. The van der Waals surface area contributed by atoms with Crippen LogP contribution in [0.1, 0.15) is 16.7 Å². The van der Waals surface area contributed by atoms with E-state index in [2.05, 4.69) is 9.97 Å². The molecule has 4 rings (SSSR count). The highest BCUT2D eigenvalue weighted by molar-refractivity contribution is 6.31. The Morgan fingerprint density at radius 2 is 1.90 bits per heavy atom. The van der Waals surface area contributed by atoms with Crippen molar-refractivity contribution in [2.75, 3.05) is 7.11 Å². The lowest BCUT2D eigenvalue weighted by Crippen LogP contribution is -2.01. The van der Waals surface area contributed by atoms with Gasteiger partial charge in [0.05, 0.1) is 7.11 Å². The van der Waals surface area contributed by atoms with Crippen LogP contribution in [0.15, 0.2) is 54.9 Å². The highest BCUT2D eigenvalue weighted by Crippen LogP contribution is 2.35. The van der Waals surface area contributed by atoms with E-state index in [4.69, 9.17) is 32.7 Å². The molecule has 0 unspecified atom stereocenters. The van der Waals surface area contributed by atoms with Crippen LogP contribution in [0.2, 0.25) is 10.0 Å². The molecule has 7 heteroatoms. The van der Waals surface area contributed by atoms with E-state index >= 15 is 0 Å². The summed E-state index contributed by atoms with van der Waals surface area (Å²) in [6.07, 6.45) is 4.27. The highest BCUT2D eigenvalue weighted by Gasteiger charge is 2.14. The molecule has 0 aliphatic carbocycles. The monoisotopic (exact) mass is 430 g/mol. The van der Waals surface area contributed by atoms with E-state index in [-0.39, 0.29) is 6.61 Å². The van der Waals surface area contributed by atoms with Crippen LogP contribution in [0.4, 0.5) is 4.39 Å². The second-order valence-corrected chi connectivity index (χ2v) is 7.35. The van der Waals surface area contributed by atoms with E-state index in [0.29, 0.717) is 33.5 Å². The minimum Gasteiger partial charge on any atom is -0.493 e. The normalized spacial score (nSPS) is 11.0. The quantitative estimate of drug-likeness (QED) is 0.396. The van der Waals surface area contributed by atoms with Gasteiger partial charge in [-0.15, -0.1) is 0 Å². The largest absolute Gasteiger partial charge is 0.493 e. The maximum absolute atomic E-state index is 14.0. The van der Waals surface area contributed by atoms with Gasteiger partial charge < -0.3 is 14.5 Å². The van der Waals surface area contributed by atoms with E-state index in [1.807, 2.05) is 24.4 Å². The number of aromatic nitrogens is 2. The molecule has 0 bridgehead atoms. The Kier molecular flexibility index (Phi) is 5.60. The summed E-state index contributed by atoms with van der Waals surface area (Å²) in [5, 5.41) is 1.92. The second-order valence-electron chi connectivity index (χ2n) is 6.51. The minimum atomic E-state index is -0.424. The summed E-state index contributed by atoms with van der Waals surface area (Å²) in [6, 6.07) is 11.9. The van der Waals surface area contributed by atoms with Crippen molar-refractivity contribution in [3.63, 3.8) is 0 Å². The molecular formula is C22H17Cl2FN2O2. The van der Waals surface area contributed by atoms with E-state index in [1.54, 1.807) is 31.5 Å². The molecule has 0 atom stereocenters. The number of ether oxygens (including phenoxy) is 2. The summed E-state index contributed by atoms with van der Waals surface area (Å²) in [7, 11) is 1.55. The average Bonchev–Trinajstić information content (AvgIpc) is 3.12. The van der Waals surface area contributed by atoms with Crippen LogP contribution in [0.3, 0.4) is 0 Å². The molecule has 29 heavy (non-hydrogen) atoms.